The lowest BCUT2D eigenvalue weighted by Crippen LogP contribution is -1.96. The summed E-state index contributed by atoms with van der Waals surface area (Å²) < 4.78 is 0. The van der Waals surface area contributed by atoms with Crippen LogP contribution in [0.3, 0.4) is 0 Å². The summed E-state index contributed by atoms with van der Waals surface area (Å²) in [5.41, 5.74) is 0. The number of halogens is 1. The van der Waals surface area contributed by atoms with Gasteiger partial charge in [-0.1, -0.05) is 23.4 Å². The highest BCUT2D eigenvalue weighted by molar-refractivity contribution is 7.99. The van der Waals surface area contributed by atoms with Gasteiger partial charge in [0.1, 0.15) is 0 Å². The maximum absolute atomic E-state index is 10.2. The fourth-order valence-corrected chi connectivity index (χ4v) is 1.42. The summed E-state index contributed by atoms with van der Waals surface area (Å²) in [6, 6.07) is 0. The second-order valence-corrected chi connectivity index (χ2v) is 3.67. The Morgan fingerprint density at radius 2 is 2.15 bits per heavy atom. The summed E-state index contributed by atoms with van der Waals surface area (Å²) in [7, 11) is 0. The van der Waals surface area contributed by atoms with E-state index >= 15 is 0 Å². The summed E-state index contributed by atoms with van der Waals surface area (Å²) in [5, 5.41) is 9.38. The summed E-state index contributed by atoms with van der Waals surface area (Å²) in [6.07, 6.45) is 3.08. The molecule has 0 spiro atoms. The predicted molar refractivity (Wildman–Crippen MR) is 50.0 cm³/mol. The van der Waals surface area contributed by atoms with E-state index in [1.165, 1.54) is 24.2 Å². The number of nitrogens with zero attached hydrogens (tertiary/aromatic N) is 2. The maximum atomic E-state index is 10.2. The molecule has 0 aliphatic rings. The molecule has 0 aromatic carbocycles. The molecule has 0 saturated heterocycles. The largest absolute Gasteiger partial charge is 0.481 e. The first-order valence-corrected chi connectivity index (χ1v) is 4.87. The lowest BCUT2D eigenvalue weighted by atomic mass is 10.5. The summed E-state index contributed by atoms with van der Waals surface area (Å²) in [4.78, 5) is 18.0. The van der Waals surface area contributed by atoms with Crippen LogP contribution in [0.15, 0.2) is 17.6 Å². The van der Waals surface area contributed by atoms with Crippen molar-refractivity contribution in [2.75, 3.05) is 5.75 Å². The van der Waals surface area contributed by atoms with Gasteiger partial charge in [-0.15, -0.1) is 0 Å². The molecule has 1 aromatic rings. The third-order valence-corrected chi connectivity index (χ3v) is 2.22. The highest BCUT2D eigenvalue weighted by Crippen LogP contribution is 2.14. The second-order valence-electron chi connectivity index (χ2n) is 2.18. The lowest BCUT2D eigenvalue weighted by Gasteiger charge is -1.96. The van der Waals surface area contributed by atoms with Gasteiger partial charge in [0.15, 0.2) is 5.16 Å². The van der Waals surface area contributed by atoms with E-state index in [4.69, 9.17) is 16.7 Å². The van der Waals surface area contributed by atoms with Crippen molar-refractivity contribution in [2.45, 2.75) is 11.6 Å². The van der Waals surface area contributed by atoms with Crippen molar-refractivity contribution in [3.05, 3.63) is 17.4 Å². The number of aliphatic carboxylic acids is 1. The van der Waals surface area contributed by atoms with Gasteiger partial charge in [0.25, 0.3) is 0 Å². The Labute approximate surface area is 84.3 Å². The molecule has 0 amide bonds. The van der Waals surface area contributed by atoms with Gasteiger partial charge in [-0.05, 0) is 0 Å². The summed E-state index contributed by atoms with van der Waals surface area (Å²) >= 11 is 6.86. The zero-order valence-corrected chi connectivity index (χ0v) is 8.18. The fourth-order valence-electron chi connectivity index (χ4n) is 0.605. The van der Waals surface area contributed by atoms with Gasteiger partial charge >= 0.3 is 5.97 Å². The minimum absolute atomic E-state index is 0.108. The number of rotatable bonds is 4. The van der Waals surface area contributed by atoms with E-state index in [0.717, 1.165) is 0 Å². The van der Waals surface area contributed by atoms with E-state index < -0.39 is 5.97 Å². The molecule has 0 bridgehead atoms. The highest BCUT2D eigenvalue weighted by atomic mass is 35.5. The Kier molecular flexibility index (Phi) is 3.98. The molecule has 0 saturated carbocycles. The number of thioether (sulfide) groups is 1. The van der Waals surface area contributed by atoms with Crippen molar-refractivity contribution in [1.29, 1.82) is 0 Å². The average Bonchev–Trinajstić information content (AvgIpc) is 2.08. The Morgan fingerprint density at radius 3 is 2.69 bits per heavy atom. The molecule has 6 heteroatoms. The highest BCUT2D eigenvalue weighted by Gasteiger charge is 2.00. The van der Waals surface area contributed by atoms with E-state index in [1.807, 2.05) is 0 Å². The molecule has 0 aliphatic carbocycles. The first-order chi connectivity index (χ1) is 6.18. The van der Waals surface area contributed by atoms with Crippen LogP contribution in [-0.4, -0.2) is 26.8 Å². The standard InChI is InChI=1S/C7H7ClN2O2S/c8-5-3-9-7(10-4-5)13-2-1-6(11)12/h3-4H,1-2H2,(H,11,12). The van der Waals surface area contributed by atoms with Crippen molar-refractivity contribution in [3.63, 3.8) is 0 Å². The van der Waals surface area contributed by atoms with E-state index in [-0.39, 0.29) is 6.42 Å². The normalized spacial score (nSPS) is 9.92. The van der Waals surface area contributed by atoms with Crippen LogP contribution in [0, 0.1) is 0 Å². The van der Waals surface area contributed by atoms with Crippen LogP contribution in [-0.2, 0) is 4.79 Å². The monoisotopic (exact) mass is 218 g/mol. The third kappa shape index (κ3) is 4.10. The number of hydrogen-bond acceptors (Lipinski definition) is 4. The SMILES string of the molecule is O=C(O)CCSc1ncc(Cl)cn1. The smallest absolute Gasteiger partial charge is 0.304 e. The second kappa shape index (κ2) is 5.04. The van der Waals surface area contributed by atoms with Crippen LogP contribution < -0.4 is 0 Å². The molecule has 0 fully saturated rings. The molecular formula is C7H7ClN2O2S. The van der Waals surface area contributed by atoms with Crippen LogP contribution >= 0.6 is 23.4 Å². The van der Waals surface area contributed by atoms with Gasteiger partial charge in [-0.2, -0.15) is 0 Å². The van der Waals surface area contributed by atoms with E-state index in [1.54, 1.807) is 0 Å². The molecule has 0 aliphatic heterocycles. The Hall–Kier alpha value is -0.810. The van der Waals surface area contributed by atoms with Crippen LogP contribution in [0.2, 0.25) is 5.02 Å². The quantitative estimate of drug-likeness (QED) is 0.616. The molecule has 4 nitrogen and oxygen atoms in total. The van der Waals surface area contributed by atoms with Crippen molar-refractivity contribution in [2.24, 2.45) is 0 Å². The molecular weight excluding hydrogens is 212 g/mol. The van der Waals surface area contributed by atoms with Gasteiger partial charge in [0.05, 0.1) is 23.8 Å². The fraction of sp³-hybridized carbons (Fsp3) is 0.286. The number of aromatic nitrogens is 2. The maximum Gasteiger partial charge on any atom is 0.304 e. The molecule has 13 heavy (non-hydrogen) atoms. The van der Waals surface area contributed by atoms with Gasteiger partial charge in [-0.3, -0.25) is 4.79 Å². The molecule has 1 rings (SSSR count). The van der Waals surface area contributed by atoms with Gasteiger partial charge in [-0.25, -0.2) is 9.97 Å². The van der Waals surface area contributed by atoms with Crippen LogP contribution in [0.25, 0.3) is 0 Å². The van der Waals surface area contributed by atoms with Gasteiger partial charge < -0.3 is 5.11 Å². The first kappa shape index (κ1) is 10.3. The van der Waals surface area contributed by atoms with Gasteiger partial charge in [0.2, 0.25) is 0 Å². The number of carbonyl (C=O) groups is 1. The first-order valence-electron chi connectivity index (χ1n) is 3.50. The zero-order valence-electron chi connectivity index (χ0n) is 6.61. The molecule has 1 aromatic heterocycles. The van der Waals surface area contributed by atoms with Crippen LogP contribution in [0.5, 0.6) is 0 Å². The number of hydrogen-bond donors (Lipinski definition) is 1. The van der Waals surface area contributed by atoms with E-state index in [9.17, 15) is 4.79 Å². The molecule has 1 heterocycles. The predicted octanol–water partition coefficient (Wildman–Crippen LogP) is 1.70. The Morgan fingerprint density at radius 1 is 1.54 bits per heavy atom. The third-order valence-electron chi connectivity index (χ3n) is 1.14. The average molecular weight is 219 g/mol. The molecule has 0 unspecified atom stereocenters. The number of carboxylic acids is 1. The Balaban J connectivity index is 2.37. The minimum atomic E-state index is -0.818. The molecule has 0 atom stereocenters. The summed E-state index contributed by atoms with van der Waals surface area (Å²) in [5.74, 6) is -0.349. The zero-order chi connectivity index (χ0) is 9.68. The Bertz CT molecular complexity index is 291. The van der Waals surface area contributed by atoms with Crippen molar-refractivity contribution in [3.8, 4) is 0 Å². The van der Waals surface area contributed by atoms with Crippen molar-refractivity contribution in [1.82, 2.24) is 9.97 Å². The van der Waals surface area contributed by atoms with Gasteiger partial charge in [0, 0.05) is 5.75 Å². The van der Waals surface area contributed by atoms with Crippen LogP contribution in [0.4, 0.5) is 0 Å². The topological polar surface area (TPSA) is 63.1 Å². The minimum Gasteiger partial charge on any atom is -0.481 e. The summed E-state index contributed by atoms with van der Waals surface area (Å²) in [6.45, 7) is 0. The van der Waals surface area contributed by atoms with Crippen molar-refractivity contribution < 1.29 is 9.90 Å². The molecule has 1 N–H and O–H groups in total. The van der Waals surface area contributed by atoms with E-state index in [0.29, 0.717) is 15.9 Å². The lowest BCUT2D eigenvalue weighted by molar-refractivity contribution is -0.136. The van der Waals surface area contributed by atoms with Crippen LogP contribution in [0.1, 0.15) is 6.42 Å². The molecule has 0 radical (unpaired) electrons. The molecule has 70 valence electrons. The van der Waals surface area contributed by atoms with E-state index in [2.05, 4.69) is 9.97 Å². The number of carboxylic acid groups (broad SMARTS) is 1. The van der Waals surface area contributed by atoms with Crippen molar-refractivity contribution >= 4 is 29.3 Å².